The predicted octanol–water partition coefficient (Wildman–Crippen LogP) is 3.99. The quantitative estimate of drug-likeness (QED) is 0.485. The van der Waals surface area contributed by atoms with Gasteiger partial charge in [0.1, 0.15) is 0 Å². The van der Waals surface area contributed by atoms with Gasteiger partial charge in [0.05, 0.1) is 12.5 Å². The summed E-state index contributed by atoms with van der Waals surface area (Å²) in [6, 6.07) is 0. The second-order valence-corrected chi connectivity index (χ2v) is 6.20. The van der Waals surface area contributed by atoms with Crippen molar-refractivity contribution in [3.8, 4) is 0 Å². The van der Waals surface area contributed by atoms with Crippen LogP contribution in [0.4, 0.5) is 0 Å². The summed E-state index contributed by atoms with van der Waals surface area (Å²) >= 11 is -0.611. The molecule has 0 saturated heterocycles. The topological polar surface area (TPSA) is 60.4 Å². The van der Waals surface area contributed by atoms with Crippen LogP contribution in [0, 0.1) is 0 Å². The maximum Gasteiger partial charge on any atom is 0.303 e. The number of aliphatic carboxylic acids is 1. The van der Waals surface area contributed by atoms with Gasteiger partial charge in [0.2, 0.25) is 0 Å². The summed E-state index contributed by atoms with van der Waals surface area (Å²) in [5, 5.41) is 8.41. The van der Waals surface area contributed by atoms with Crippen LogP contribution in [-0.2, 0) is 16.0 Å². The van der Waals surface area contributed by atoms with E-state index in [2.05, 4.69) is 6.92 Å². The lowest BCUT2D eigenvalue weighted by Crippen LogP contribution is -1.93. The van der Waals surface area contributed by atoms with Crippen LogP contribution >= 0.6 is 0 Å². The smallest absolute Gasteiger partial charge is 0.303 e. The molecule has 3 nitrogen and oxygen atoms in total. The molecule has 0 aliphatic rings. The van der Waals surface area contributed by atoms with Crippen molar-refractivity contribution in [3.63, 3.8) is 0 Å². The van der Waals surface area contributed by atoms with Crippen molar-refractivity contribution in [1.82, 2.24) is 0 Å². The summed E-state index contributed by atoms with van der Waals surface area (Å²) in [7, 11) is 0. The summed E-state index contributed by atoms with van der Waals surface area (Å²) < 4.78 is 9.56. The molecule has 0 spiro atoms. The Kier molecular flexibility index (Phi) is 18.7. The molecule has 0 aromatic heterocycles. The van der Waals surface area contributed by atoms with E-state index in [4.69, 9.17) is 5.11 Å². The number of rotatable bonds is 10. The largest absolute Gasteiger partial charge is 0.617 e. The Morgan fingerprint density at radius 2 is 1.28 bits per heavy atom. The fraction of sp³-hybridized carbons (Fsp3) is 0.929. The summed E-state index contributed by atoms with van der Waals surface area (Å²) in [6.45, 7) is 2.23. The summed E-state index contributed by atoms with van der Waals surface area (Å²) in [4.78, 5) is 10.2. The van der Waals surface area contributed by atoms with E-state index < -0.39 is 17.1 Å². The van der Waals surface area contributed by atoms with Gasteiger partial charge in [0, 0.05) is 6.42 Å². The number of hydrogen-bond acceptors (Lipinski definition) is 2. The Morgan fingerprint density at radius 3 is 1.61 bits per heavy atom. The van der Waals surface area contributed by atoms with Gasteiger partial charge >= 0.3 is 5.97 Å². The van der Waals surface area contributed by atoms with Crippen LogP contribution < -0.4 is 0 Å². The molecule has 0 fully saturated rings. The number of carboxylic acids is 1. The summed E-state index contributed by atoms with van der Waals surface area (Å²) in [5.41, 5.74) is 0. The van der Waals surface area contributed by atoms with Crippen LogP contribution in [0.15, 0.2) is 0 Å². The first-order chi connectivity index (χ1) is 8.50. The molecule has 0 amide bonds. The third-order valence-corrected chi connectivity index (χ3v) is 2.49. The van der Waals surface area contributed by atoms with Gasteiger partial charge in [0.25, 0.3) is 0 Å². The van der Waals surface area contributed by atoms with Gasteiger partial charge in [0.15, 0.2) is 0 Å². The van der Waals surface area contributed by atoms with Crippen LogP contribution in [0.25, 0.3) is 0 Å². The standard InChI is InChI=1S/C12H24O2.C2H6OS/c1-2-3-4-5-6-7-8-9-10-11-12(13)14;1-4(2)3/h2-11H2,1H3,(H,13,14);1-2H3. The van der Waals surface area contributed by atoms with Gasteiger partial charge in [-0.15, -0.1) is 0 Å². The van der Waals surface area contributed by atoms with Gasteiger partial charge in [-0.25, -0.2) is 0 Å². The van der Waals surface area contributed by atoms with Crippen LogP contribution in [-0.4, -0.2) is 28.1 Å². The lowest BCUT2D eigenvalue weighted by molar-refractivity contribution is -0.137. The SMILES string of the molecule is CCCCCCCCCCCC(=O)O.C[S+](C)[O-]. The van der Waals surface area contributed by atoms with Crippen molar-refractivity contribution in [2.24, 2.45) is 0 Å². The summed E-state index contributed by atoms with van der Waals surface area (Å²) in [6.07, 6.45) is 14.8. The Morgan fingerprint density at radius 1 is 0.944 bits per heavy atom. The zero-order chi connectivity index (χ0) is 14.2. The van der Waals surface area contributed by atoms with E-state index in [1.54, 1.807) is 12.5 Å². The molecule has 0 rings (SSSR count). The van der Waals surface area contributed by atoms with Crippen molar-refractivity contribution < 1.29 is 14.5 Å². The fourth-order valence-corrected chi connectivity index (χ4v) is 1.59. The van der Waals surface area contributed by atoms with Gasteiger partial charge in [-0.1, -0.05) is 69.5 Å². The van der Waals surface area contributed by atoms with E-state index in [-0.39, 0.29) is 0 Å². The first-order valence-electron chi connectivity index (χ1n) is 6.97. The van der Waals surface area contributed by atoms with Crippen LogP contribution in [0.2, 0.25) is 0 Å². The molecule has 1 N–H and O–H groups in total. The highest BCUT2D eigenvalue weighted by Gasteiger charge is 1.96. The highest BCUT2D eigenvalue weighted by Crippen LogP contribution is 2.10. The number of hydrogen-bond donors (Lipinski definition) is 1. The molecule has 0 bridgehead atoms. The minimum absolute atomic E-state index is 0.343. The first kappa shape index (κ1) is 20.1. The van der Waals surface area contributed by atoms with E-state index in [0.717, 1.165) is 12.8 Å². The lowest BCUT2D eigenvalue weighted by Gasteiger charge is -2.00. The minimum Gasteiger partial charge on any atom is -0.617 e. The van der Waals surface area contributed by atoms with Crippen molar-refractivity contribution >= 4 is 17.1 Å². The van der Waals surface area contributed by atoms with Crippen LogP contribution in [0.3, 0.4) is 0 Å². The molecule has 0 radical (unpaired) electrons. The van der Waals surface area contributed by atoms with E-state index >= 15 is 0 Å². The highest BCUT2D eigenvalue weighted by atomic mass is 32.2. The second-order valence-electron chi connectivity index (χ2n) is 4.71. The first-order valence-corrected chi connectivity index (χ1v) is 8.94. The predicted molar refractivity (Wildman–Crippen MR) is 79.5 cm³/mol. The molecule has 0 atom stereocenters. The monoisotopic (exact) mass is 278 g/mol. The Balaban J connectivity index is 0. The van der Waals surface area contributed by atoms with E-state index in [9.17, 15) is 9.35 Å². The van der Waals surface area contributed by atoms with E-state index in [1.165, 1.54) is 44.9 Å². The van der Waals surface area contributed by atoms with Crippen LogP contribution in [0.1, 0.15) is 71.1 Å². The molecule has 0 unspecified atom stereocenters. The molecule has 0 aromatic carbocycles. The van der Waals surface area contributed by atoms with Crippen LogP contribution in [0.5, 0.6) is 0 Å². The lowest BCUT2D eigenvalue weighted by atomic mass is 10.1. The molecule has 0 heterocycles. The maximum atomic E-state index is 10.2. The highest BCUT2D eigenvalue weighted by molar-refractivity contribution is 7.89. The van der Waals surface area contributed by atoms with Crippen molar-refractivity contribution in [1.29, 1.82) is 0 Å². The van der Waals surface area contributed by atoms with Crippen molar-refractivity contribution in [2.45, 2.75) is 71.1 Å². The van der Waals surface area contributed by atoms with Crippen molar-refractivity contribution in [3.05, 3.63) is 0 Å². The normalized spacial score (nSPS) is 10.1. The molecule has 0 saturated carbocycles. The van der Waals surface area contributed by atoms with Gasteiger partial charge in [-0.05, 0) is 6.42 Å². The fourth-order valence-electron chi connectivity index (χ4n) is 1.59. The van der Waals surface area contributed by atoms with Gasteiger partial charge in [-0.2, -0.15) is 0 Å². The number of unbranched alkanes of at least 4 members (excludes halogenated alkanes) is 8. The molecule has 0 aromatic rings. The average molecular weight is 278 g/mol. The second kappa shape index (κ2) is 16.8. The molecule has 4 heteroatoms. The molecule has 18 heavy (non-hydrogen) atoms. The van der Waals surface area contributed by atoms with Gasteiger partial charge < -0.3 is 9.66 Å². The van der Waals surface area contributed by atoms with Gasteiger partial charge in [-0.3, -0.25) is 4.79 Å². The Labute approximate surface area is 116 Å². The maximum absolute atomic E-state index is 10.2. The minimum atomic E-state index is -0.659. The Hall–Kier alpha value is -0.220. The summed E-state index contributed by atoms with van der Waals surface area (Å²) in [5.74, 6) is -0.659. The molecule has 110 valence electrons. The average Bonchev–Trinajstić information content (AvgIpc) is 2.26. The zero-order valence-corrected chi connectivity index (χ0v) is 13.1. The van der Waals surface area contributed by atoms with E-state index in [0.29, 0.717) is 6.42 Å². The number of carbonyl (C=O) groups is 1. The molecular formula is C14H30O3S. The third-order valence-electron chi connectivity index (χ3n) is 2.49. The van der Waals surface area contributed by atoms with E-state index in [1.807, 2.05) is 0 Å². The third kappa shape index (κ3) is 29.7. The van der Waals surface area contributed by atoms with Crippen molar-refractivity contribution in [2.75, 3.05) is 12.5 Å². The molecular weight excluding hydrogens is 248 g/mol. The Bertz CT molecular complexity index is 170. The molecule has 0 aliphatic heterocycles. The number of carboxylic acid groups (broad SMARTS) is 1. The molecule has 0 aliphatic carbocycles. The zero-order valence-electron chi connectivity index (χ0n) is 12.2.